The van der Waals surface area contributed by atoms with Gasteiger partial charge >= 0.3 is 0 Å². The molecular weight excluding hydrogens is 357 g/mol. The first kappa shape index (κ1) is 17.9. The van der Waals surface area contributed by atoms with Crippen molar-refractivity contribution in [2.75, 3.05) is 5.32 Å². The number of nitrogens with zero attached hydrogens (tertiary/aromatic N) is 4. The van der Waals surface area contributed by atoms with Crippen molar-refractivity contribution in [2.24, 2.45) is 0 Å². The predicted octanol–water partition coefficient (Wildman–Crippen LogP) is 3.76. The lowest BCUT2D eigenvalue weighted by Gasteiger charge is -2.06. The van der Waals surface area contributed by atoms with E-state index in [1.54, 1.807) is 29.2 Å². The van der Waals surface area contributed by atoms with Gasteiger partial charge in [0, 0.05) is 18.0 Å². The Labute approximate surface area is 161 Å². The highest BCUT2D eigenvalue weighted by atomic mass is 19.1. The van der Waals surface area contributed by atoms with Gasteiger partial charge in [-0.05, 0) is 30.2 Å². The second kappa shape index (κ2) is 7.64. The molecule has 0 aliphatic rings. The van der Waals surface area contributed by atoms with E-state index in [-0.39, 0.29) is 11.7 Å². The summed E-state index contributed by atoms with van der Waals surface area (Å²) in [6.45, 7) is 3.05. The Hall–Kier alpha value is -3.48. The Kier molecular flexibility index (Phi) is 4.89. The fourth-order valence-corrected chi connectivity index (χ4v) is 3.22. The Balaban J connectivity index is 1.35. The average Bonchev–Trinajstić information content (AvgIpc) is 3.29. The maximum absolute atomic E-state index is 13.0. The molecule has 0 bridgehead atoms. The maximum atomic E-state index is 13.0. The van der Waals surface area contributed by atoms with Gasteiger partial charge in [-0.2, -0.15) is 10.2 Å². The topological polar surface area (TPSA) is 64.7 Å². The van der Waals surface area contributed by atoms with Crippen molar-refractivity contribution >= 4 is 22.5 Å². The first-order valence-corrected chi connectivity index (χ1v) is 9.06. The minimum atomic E-state index is -0.266. The molecule has 142 valence electrons. The number of anilines is 1. The highest BCUT2D eigenvalue weighted by Crippen LogP contribution is 2.18. The number of para-hydroxylation sites is 1. The summed E-state index contributed by atoms with van der Waals surface area (Å²) in [6.07, 6.45) is 5.50. The van der Waals surface area contributed by atoms with E-state index in [0.717, 1.165) is 22.0 Å². The van der Waals surface area contributed by atoms with Crippen LogP contribution in [-0.4, -0.2) is 25.5 Å². The van der Waals surface area contributed by atoms with Crippen LogP contribution in [0.4, 0.5) is 10.1 Å². The minimum Gasteiger partial charge on any atom is -0.323 e. The Morgan fingerprint density at radius 2 is 1.93 bits per heavy atom. The summed E-state index contributed by atoms with van der Waals surface area (Å²) >= 11 is 0. The summed E-state index contributed by atoms with van der Waals surface area (Å²) in [7, 11) is 0. The van der Waals surface area contributed by atoms with Crippen molar-refractivity contribution in [3.8, 4) is 0 Å². The van der Waals surface area contributed by atoms with Gasteiger partial charge in [-0.3, -0.25) is 14.2 Å². The fourth-order valence-electron chi connectivity index (χ4n) is 3.22. The molecule has 2 aromatic heterocycles. The third-order valence-electron chi connectivity index (χ3n) is 4.59. The molecule has 4 rings (SSSR count). The monoisotopic (exact) mass is 377 g/mol. The van der Waals surface area contributed by atoms with Crippen molar-refractivity contribution in [2.45, 2.75) is 26.4 Å². The van der Waals surface area contributed by atoms with Crippen LogP contribution in [0.5, 0.6) is 0 Å². The molecule has 4 aromatic rings. The van der Waals surface area contributed by atoms with Crippen LogP contribution in [0.1, 0.15) is 17.5 Å². The smallest absolute Gasteiger partial charge is 0.226 e. The number of carbonyl (C=O) groups is 1. The maximum Gasteiger partial charge on any atom is 0.226 e. The van der Waals surface area contributed by atoms with Crippen LogP contribution in [-0.2, 0) is 17.9 Å². The molecule has 1 N–H and O–H groups in total. The lowest BCUT2D eigenvalue weighted by atomic mass is 10.2. The number of aromatic nitrogens is 4. The van der Waals surface area contributed by atoms with E-state index in [2.05, 4.69) is 15.5 Å². The summed E-state index contributed by atoms with van der Waals surface area (Å²) in [5, 5.41) is 12.6. The molecule has 0 radical (unpaired) electrons. The molecule has 0 aliphatic carbocycles. The predicted molar refractivity (Wildman–Crippen MR) is 105 cm³/mol. The van der Waals surface area contributed by atoms with Crippen molar-refractivity contribution < 1.29 is 9.18 Å². The zero-order chi connectivity index (χ0) is 19.5. The van der Waals surface area contributed by atoms with Gasteiger partial charge < -0.3 is 5.32 Å². The van der Waals surface area contributed by atoms with Crippen LogP contribution in [0.3, 0.4) is 0 Å². The van der Waals surface area contributed by atoms with Crippen molar-refractivity contribution in [3.05, 3.63) is 78.0 Å². The van der Waals surface area contributed by atoms with Crippen molar-refractivity contribution in [1.82, 2.24) is 19.6 Å². The van der Waals surface area contributed by atoms with Crippen molar-refractivity contribution in [1.29, 1.82) is 0 Å². The molecule has 0 spiro atoms. The Morgan fingerprint density at radius 1 is 1.11 bits per heavy atom. The van der Waals surface area contributed by atoms with Gasteiger partial charge in [0.15, 0.2) is 0 Å². The molecule has 0 unspecified atom stereocenters. The number of rotatable bonds is 6. The number of amides is 1. The highest BCUT2D eigenvalue weighted by Gasteiger charge is 2.09. The molecule has 6 nitrogen and oxygen atoms in total. The van der Waals surface area contributed by atoms with E-state index in [0.29, 0.717) is 25.2 Å². The van der Waals surface area contributed by atoms with Crippen LogP contribution in [0.15, 0.2) is 61.1 Å². The number of fused-ring (bicyclic) bond motifs is 1. The van der Waals surface area contributed by atoms with E-state index in [9.17, 15) is 9.18 Å². The molecule has 0 saturated carbocycles. The molecule has 0 atom stereocenters. The molecule has 7 heteroatoms. The summed E-state index contributed by atoms with van der Waals surface area (Å²) < 4.78 is 16.5. The number of benzene rings is 2. The summed E-state index contributed by atoms with van der Waals surface area (Å²) in [5.41, 5.74) is 3.76. The number of hydrogen-bond acceptors (Lipinski definition) is 3. The van der Waals surface area contributed by atoms with Crippen LogP contribution < -0.4 is 5.32 Å². The molecule has 2 heterocycles. The standard InChI is InChI=1S/C21H20FN5O/c1-15-3-2-4-17-11-24-27(21(15)17)10-9-20(28)25-19-12-23-26(14-19)13-16-5-7-18(22)8-6-16/h2-8,11-12,14H,9-10,13H2,1H3,(H,25,28). The van der Waals surface area contributed by atoms with Gasteiger partial charge in [0.2, 0.25) is 5.91 Å². The fraction of sp³-hybridized carbons (Fsp3) is 0.190. The zero-order valence-corrected chi connectivity index (χ0v) is 15.5. The molecular formula is C21H20FN5O. The zero-order valence-electron chi connectivity index (χ0n) is 15.5. The molecule has 0 fully saturated rings. The van der Waals surface area contributed by atoms with Crippen LogP contribution in [0.2, 0.25) is 0 Å². The highest BCUT2D eigenvalue weighted by molar-refractivity contribution is 5.90. The summed E-state index contributed by atoms with van der Waals surface area (Å²) in [5.74, 6) is -0.365. The van der Waals surface area contributed by atoms with E-state index in [1.807, 2.05) is 36.0 Å². The largest absolute Gasteiger partial charge is 0.323 e. The average molecular weight is 377 g/mol. The number of carbonyl (C=O) groups excluding carboxylic acids is 1. The number of nitrogens with one attached hydrogen (secondary N) is 1. The number of hydrogen-bond donors (Lipinski definition) is 1. The van der Waals surface area contributed by atoms with Crippen LogP contribution >= 0.6 is 0 Å². The third kappa shape index (κ3) is 3.93. The Morgan fingerprint density at radius 3 is 2.75 bits per heavy atom. The summed E-state index contributed by atoms with van der Waals surface area (Å²) in [6, 6.07) is 12.3. The lowest BCUT2D eigenvalue weighted by Crippen LogP contribution is -2.14. The normalized spacial score (nSPS) is 11.1. The SMILES string of the molecule is Cc1cccc2cnn(CCC(=O)Nc3cnn(Cc4ccc(F)cc4)c3)c12. The first-order valence-electron chi connectivity index (χ1n) is 9.06. The van der Waals surface area contributed by atoms with E-state index in [4.69, 9.17) is 0 Å². The molecule has 0 aliphatic heterocycles. The van der Waals surface area contributed by atoms with Crippen LogP contribution in [0.25, 0.3) is 10.9 Å². The minimum absolute atomic E-state index is 0.0985. The second-order valence-electron chi connectivity index (χ2n) is 6.73. The summed E-state index contributed by atoms with van der Waals surface area (Å²) in [4.78, 5) is 12.3. The molecule has 2 aromatic carbocycles. The Bertz CT molecular complexity index is 1110. The van der Waals surface area contributed by atoms with Crippen molar-refractivity contribution in [3.63, 3.8) is 0 Å². The van der Waals surface area contributed by atoms with Gasteiger partial charge in [-0.15, -0.1) is 0 Å². The van der Waals surface area contributed by atoms with E-state index < -0.39 is 0 Å². The van der Waals surface area contributed by atoms with Crippen LogP contribution in [0, 0.1) is 12.7 Å². The van der Waals surface area contributed by atoms with E-state index >= 15 is 0 Å². The van der Waals surface area contributed by atoms with E-state index in [1.165, 1.54) is 12.1 Å². The second-order valence-corrected chi connectivity index (χ2v) is 6.73. The first-order chi connectivity index (χ1) is 13.6. The molecule has 0 saturated heterocycles. The van der Waals surface area contributed by atoms with Gasteiger partial charge in [0.25, 0.3) is 0 Å². The number of halogens is 1. The third-order valence-corrected chi connectivity index (χ3v) is 4.59. The van der Waals surface area contributed by atoms with Gasteiger partial charge in [-0.25, -0.2) is 4.39 Å². The molecule has 28 heavy (non-hydrogen) atoms. The molecule has 1 amide bonds. The lowest BCUT2D eigenvalue weighted by molar-refractivity contribution is -0.116. The number of aryl methyl sites for hydroxylation is 2. The van der Waals surface area contributed by atoms with Gasteiger partial charge in [0.05, 0.1) is 36.7 Å². The van der Waals surface area contributed by atoms with Gasteiger partial charge in [0.1, 0.15) is 5.82 Å². The van der Waals surface area contributed by atoms with Gasteiger partial charge in [-0.1, -0.05) is 30.3 Å². The quantitative estimate of drug-likeness (QED) is 0.556.